The second-order valence-electron chi connectivity index (χ2n) is 9.58. The third kappa shape index (κ3) is 3.30. The largest absolute Gasteiger partial charge is 0.342 e. The van der Waals surface area contributed by atoms with E-state index in [1.165, 1.54) is 19.3 Å². The number of hydrogen-bond acceptors (Lipinski definition) is 6. The molecule has 3 aromatic rings. The number of nitrogens with one attached hydrogen (secondary N) is 1. The highest BCUT2D eigenvalue weighted by Crippen LogP contribution is 2.30. The molecule has 3 aromatic heterocycles. The summed E-state index contributed by atoms with van der Waals surface area (Å²) in [6.45, 7) is 8.87. The van der Waals surface area contributed by atoms with Crippen LogP contribution >= 0.6 is 0 Å². The lowest BCUT2D eigenvalue weighted by atomic mass is 9.97. The summed E-state index contributed by atoms with van der Waals surface area (Å²) in [6, 6.07) is 0. The fourth-order valence-corrected chi connectivity index (χ4v) is 4.74. The van der Waals surface area contributed by atoms with Crippen LogP contribution in [0.15, 0.2) is 11.0 Å². The van der Waals surface area contributed by atoms with Crippen molar-refractivity contribution in [3.63, 3.8) is 0 Å². The molecule has 0 aromatic carbocycles. The molecule has 1 fully saturated rings. The topological polar surface area (TPSA) is 97.5 Å². The molecule has 0 spiro atoms. The molecule has 1 saturated heterocycles. The van der Waals surface area contributed by atoms with Gasteiger partial charge < -0.3 is 9.47 Å². The zero-order chi connectivity index (χ0) is 20.9. The van der Waals surface area contributed by atoms with E-state index >= 15 is 0 Å². The zero-order valence-corrected chi connectivity index (χ0v) is 18.1. The van der Waals surface area contributed by atoms with Gasteiger partial charge in [0, 0.05) is 32.0 Å². The third-order valence-corrected chi connectivity index (χ3v) is 6.29. The molecule has 1 unspecified atom stereocenters. The van der Waals surface area contributed by atoms with Gasteiger partial charge >= 0.3 is 0 Å². The molecule has 160 valence electrons. The lowest BCUT2D eigenvalue weighted by molar-refractivity contribution is 0.365. The normalized spacial score (nSPS) is 20.4. The van der Waals surface area contributed by atoms with Crippen LogP contribution in [0, 0.1) is 0 Å². The molecule has 30 heavy (non-hydrogen) atoms. The van der Waals surface area contributed by atoms with Gasteiger partial charge in [0.05, 0.1) is 11.7 Å². The smallest absolute Gasteiger partial charge is 0.263 e. The van der Waals surface area contributed by atoms with Crippen LogP contribution in [0.5, 0.6) is 0 Å². The van der Waals surface area contributed by atoms with Crippen molar-refractivity contribution in [2.75, 3.05) is 18.0 Å². The number of aromatic amines is 1. The Morgan fingerprint density at radius 2 is 1.97 bits per heavy atom. The van der Waals surface area contributed by atoms with Crippen LogP contribution in [-0.2, 0) is 18.5 Å². The van der Waals surface area contributed by atoms with Gasteiger partial charge in [-0.05, 0) is 46.5 Å². The summed E-state index contributed by atoms with van der Waals surface area (Å²) in [4.78, 5) is 22.7. The van der Waals surface area contributed by atoms with Crippen molar-refractivity contribution in [1.82, 2.24) is 34.5 Å². The SMILES string of the molecule is CC(C)(C)n1ncc2c(=O)[nH]c(N3CCCC(c4nnc5n4CCCCC5)C3)nc21. The van der Waals surface area contributed by atoms with Crippen molar-refractivity contribution in [3.05, 3.63) is 28.2 Å². The molecule has 9 heteroatoms. The van der Waals surface area contributed by atoms with Crippen LogP contribution in [-0.4, -0.2) is 47.6 Å². The zero-order valence-electron chi connectivity index (χ0n) is 18.1. The molecule has 9 nitrogen and oxygen atoms in total. The molecular formula is C21H30N8O. The van der Waals surface area contributed by atoms with E-state index in [1.54, 1.807) is 6.20 Å². The number of nitrogens with zero attached hydrogens (tertiary/aromatic N) is 7. The molecule has 2 aliphatic rings. The van der Waals surface area contributed by atoms with Crippen molar-refractivity contribution >= 4 is 17.0 Å². The number of aromatic nitrogens is 7. The summed E-state index contributed by atoms with van der Waals surface area (Å²) in [5, 5.41) is 14.0. The predicted octanol–water partition coefficient (Wildman–Crippen LogP) is 2.58. The van der Waals surface area contributed by atoms with Gasteiger partial charge in [-0.2, -0.15) is 10.1 Å². The van der Waals surface area contributed by atoms with Crippen LogP contribution in [0.3, 0.4) is 0 Å². The molecule has 0 bridgehead atoms. The van der Waals surface area contributed by atoms with Gasteiger partial charge in [0.2, 0.25) is 5.95 Å². The number of piperidine rings is 1. The van der Waals surface area contributed by atoms with Crippen LogP contribution < -0.4 is 10.5 Å². The van der Waals surface area contributed by atoms with Crippen molar-refractivity contribution in [2.45, 2.75) is 77.3 Å². The van der Waals surface area contributed by atoms with E-state index in [2.05, 4.69) is 50.5 Å². The number of anilines is 1. The molecule has 0 amide bonds. The summed E-state index contributed by atoms with van der Waals surface area (Å²) < 4.78 is 4.18. The molecule has 1 N–H and O–H groups in total. The number of rotatable bonds is 2. The van der Waals surface area contributed by atoms with E-state index in [1.807, 2.05) is 4.68 Å². The first-order valence-electron chi connectivity index (χ1n) is 11.1. The van der Waals surface area contributed by atoms with Gasteiger partial charge in [-0.25, -0.2) is 4.68 Å². The Morgan fingerprint density at radius 1 is 1.10 bits per heavy atom. The molecule has 1 atom stereocenters. The maximum Gasteiger partial charge on any atom is 0.263 e. The first kappa shape index (κ1) is 19.3. The average Bonchev–Trinajstić information content (AvgIpc) is 3.26. The van der Waals surface area contributed by atoms with Crippen LogP contribution in [0.2, 0.25) is 0 Å². The minimum atomic E-state index is -0.247. The van der Waals surface area contributed by atoms with Gasteiger partial charge in [-0.1, -0.05) is 6.42 Å². The molecule has 0 saturated carbocycles. The first-order valence-corrected chi connectivity index (χ1v) is 11.1. The van der Waals surface area contributed by atoms with E-state index in [-0.39, 0.29) is 11.1 Å². The van der Waals surface area contributed by atoms with Crippen LogP contribution in [0.4, 0.5) is 5.95 Å². The van der Waals surface area contributed by atoms with Gasteiger partial charge in [-0.15, -0.1) is 10.2 Å². The number of H-pyrrole nitrogens is 1. The fourth-order valence-electron chi connectivity index (χ4n) is 4.74. The van der Waals surface area contributed by atoms with Gasteiger partial charge in [0.1, 0.15) is 17.0 Å². The lowest BCUT2D eigenvalue weighted by Gasteiger charge is -2.33. The summed E-state index contributed by atoms with van der Waals surface area (Å²) in [6.07, 6.45) is 8.39. The average molecular weight is 411 g/mol. The number of fused-ring (bicyclic) bond motifs is 2. The summed E-state index contributed by atoms with van der Waals surface area (Å²) in [5.41, 5.74) is 0.257. The quantitative estimate of drug-likeness (QED) is 0.697. The highest BCUT2D eigenvalue weighted by Gasteiger charge is 2.29. The predicted molar refractivity (Wildman–Crippen MR) is 115 cm³/mol. The minimum Gasteiger partial charge on any atom is -0.342 e. The maximum atomic E-state index is 12.7. The Kier molecular flexibility index (Phi) is 4.63. The van der Waals surface area contributed by atoms with E-state index in [4.69, 9.17) is 4.98 Å². The molecule has 0 radical (unpaired) electrons. The van der Waals surface area contributed by atoms with Crippen molar-refractivity contribution in [1.29, 1.82) is 0 Å². The van der Waals surface area contributed by atoms with E-state index in [0.29, 0.717) is 22.9 Å². The van der Waals surface area contributed by atoms with E-state index in [9.17, 15) is 4.79 Å². The minimum absolute atomic E-state index is 0.135. The Labute approximate surface area is 175 Å². The van der Waals surface area contributed by atoms with E-state index in [0.717, 1.165) is 50.5 Å². The summed E-state index contributed by atoms with van der Waals surface area (Å²) >= 11 is 0. The summed E-state index contributed by atoms with van der Waals surface area (Å²) in [7, 11) is 0. The van der Waals surface area contributed by atoms with Gasteiger partial charge in [0.25, 0.3) is 5.56 Å². The lowest BCUT2D eigenvalue weighted by Crippen LogP contribution is -2.37. The molecule has 2 aliphatic heterocycles. The highest BCUT2D eigenvalue weighted by molar-refractivity contribution is 5.74. The van der Waals surface area contributed by atoms with Crippen molar-refractivity contribution in [3.8, 4) is 0 Å². The Hall–Kier alpha value is -2.71. The molecule has 5 rings (SSSR count). The third-order valence-electron chi connectivity index (χ3n) is 6.29. The number of hydrogen-bond donors (Lipinski definition) is 1. The van der Waals surface area contributed by atoms with Crippen molar-refractivity contribution in [2.24, 2.45) is 0 Å². The second-order valence-corrected chi connectivity index (χ2v) is 9.58. The second kappa shape index (κ2) is 7.21. The number of aryl methyl sites for hydroxylation is 1. The monoisotopic (exact) mass is 410 g/mol. The Morgan fingerprint density at radius 3 is 2.80 bits per heavy atom. The first-order chi connectivity index (χ1) is 14.4. The Balaban J connectivity index is 1.47. The Bertz CT molecular complexity index is 1120. The van der Waals surface area contributed by atoms with Crippen molar-refractivity contribution < 1.29 is 0 Å². The molecule has 0 aliphatic carbocycles. The highest BCUT2D eigenvalue weighted by atomic mass is 16.1. The summed E-state index contributed by atoms with van der Waals surface area (Å²) in [5.74, 6) is 3.15. The standard InChI is InChI=1S/C21H30N8O/c1-21(2,3)29-18-15(12-22-29)19(30)24-20(23-18)27-10-7-8-14(13-27)17-26-25-16-9-5-4-6-11-28(16)17/h12,14H,4-11,13H2,1-3H3,(H,23,24,30). The van der Waals surface area contributed by atoms with Gasteiger partial charge in [-0.3, -0.25) is 9.78 Å². The van der Waals surface area contributed by atoms with E-state index < -0.39 is 0 Å². The molecular weight excluding hydrogens is 380 g/mol. The van der Waals surface area contributed by atoms with Crippen LogP contribution in [0.25, 0.3) is 11.0 Å². The fraction of sp³-hybridized carbons (Fsp3) is 0.667. The maximum absolute atomic E-state index is 12.7. The van der Waals surface area contributed by atoms with Crippen LogP contribution in [0.1, 0.15) is 70.4 Å². The molecule has 5 heterocycles. The van der Waals surface area contributed by atoms with Gasteiger partial charge in [0.15, 0.2) is 5.65 Å².